The molecule has 9 nitrogen and oxygen atoms in total. The maximum Gasteiger partial charge on any atom is 0.251 e. The number of nitrogens with zero attached hydrogens (tertiary/aromatic N) is 4. The van der Waals surface area contributed by atoms with Crippen molar-refractivity contribution in [1.29, 1.82) is 5.26 Å². The van der Waals surface area contributed by atoms with Gasteiger partial charge in [-0.1, -0.05) is 38.6 Å². The number of methoxy groups -OCH3 is 1. The molecule has 0 unspecified atom stereocenters. The van der Waals surface area contributed by atoms with Crippen LogP contribution in [-0.4, -0.2) is 39.4 Å². The van der Waals surface area contributed by atoms with Crippen LogP contribution in [0, 0.1) is 22.7 Å². The number of fused-ring (bicyclic) bond motifs is 1. The second kappa shape index (κ2) is 12.7. The molecule has 1 aromatic carbocycles. The van der Waals surface area contributed by atoms with Crippen LogP contribution in [-0.2, 0) is 30.7 Å². The van der Waals surface area contributed by atoms with Gasteiger partial charge in [-0.3, -0.25) is 9.59 Å². The van der Waals surface area contributed by atoms with Gasteiger partial charge in [0, 0.05) is 17.0 Å². The first-order chi connectivity index (χ1) is 19.1. The number of carbonyl (C=O) groups is 2. The van der Waals surface area contributed by atoms with Crippen LogP contribution in [0.4, 0.5) is 5.00 Å². The predicted octanol–water partition coefficient (Wildman–Crippen LogP) is 5.22. The zero-order valence-corrected chi connectivity index (χ0v) is 24.9. The first-order valence-corrected chi connectivity index (χ1v) is 14.9. The minimum absolute atomic E-state index is 0.103. The van der Waals surface area contributed by atoms with Crippen LogP contribution < -0.4 is 15.4 Å². The fourth-order valence-corrected chi connectivity index (χ4v) is 6.76. The molecule has 4 rings (SSSR count). The van der Waals surface area contributed by atoms with Crippen molar-refractivity contribution in [1.82, 2.24) is 20.1 Å². The number of thiophene rings is 1. The molecular formula is C29H34N6O3S2. The molecule has 210 valence electrons. The highest BCUT2D eigenvalue weighted by Gasteiger charge is 2.32. The molecule has 2 aromatic heterocycles. The van der Waals surface area contributed by atoms with Crippen molar-refractivity contribution in [3.8, 4) is 11.8 Å². The summed E-state index contributed by atoms with van der Waals surface area (Å²) in [7, 11) is 1.57. The number of amides is 2. The summed E-state index contributed by atoms with van der Waals surface area (Å²) < 4.78 is 6.95. The van der Waals surface area contributed by atoms with E-state index < -0.39 is 0 Å². The van der Waals surface area contributed by atoms with Gasteiger partial charge in [0.05, 0.1) is 25.0 Å². The van der Waals surface area contributed by atoms with Gasteiger partial charge in [-0.2, -0.15) is 5.26 Å². The fraction of sp³-hybridized carbons (Fsp3) is 0.414. The van der Waals surface area contributed by atoms with Crippen molar-refractivity contribution in [2.24, 2.45) is 11.3 Å². The Morgan fingerprint density at radius 2 is 2.05 bits per heavy atom. The van der Waals surface area contributed by atoms with Crippen molar-refractivity contribution in [3.63, 3.8) is 0 Å². The highest BCUT2D eigenvalue weighted by atomic mass is 32.2. The molecular weight excluding hydrogens is 544 g/mol. The molecule has 1 atom stereocenters. The number of allylic oxidation sites excluding steroid dienone is 1. The molecule has 3 aromatic rings. The van der Waals surface area contributed by atoms with Gasteiger partial charge in [0.25, 0.3) is 5.91 Å². The van der Waals surface area contributed by atoms with E-state index in [1.165, 1.54) is 28.0 Å². The van der Waals surface area contributed by atoms with Gasteiger partial charge in [0.1, 0.15) is 16.8 Å². The summed E-state index contributed by atoms with van der Waals surface area (Å²) in [6.07, 6.45) is 4.56. The zero-order chi connectivity index (χ0) is 28.9. The van der Waals surface area contributed by atoms with Crippen LogP contribution in [0.1, 0.15) is 59.4 Å². The van der Waals surface area contributed by atoms with Gasteiger partial charge in [0.2, 0.25) is 5.91 Å². The Kier molecular flexibility index (Phi) is 9.32. The van der Waals surface area contributed by atoms with Gasteiger partial charge in [0.15, 0.2) is 11.0 Å². The van der Waals surface area contributed by atoms with Crippen molar-refractivity contribution >= 4 is 39.9 Å². The quantitative estimate of drug-likeness (QED) is 0.250. The SMILES string of the molecule is C=CCn1c(CNC(=O)c2ccc(OC)cc2)nnc1SCC(=O)Nc1sc2c(c1C#N)CC[C@H](C(C)(C)C)C2. The maximum atomic E-state index is 12.9. The van der Waals surface area contributed by atoms with Crippen LogP contribution >= 0.6 is 23.1 Å². The lowest BCUT2D eigenvalue weighted by Gasteiger charge is -2.33. The predicted molar refractivity (Wildman–Crippen MR) is 158 cm³/mol. The molecule has 0 spiro atoms. The van der Waals surface area contributed by atoms with E-state index in [1.54, 1.807) is 37.5 Å². The van der Waals surface area contributed by atoms with E-state index in [0.29, 0.717) is 45.3 Å². The Hall–Kier alpha value is -3.62. The maximum absolute atomic E-state index is 12.9. The Bertz CT molecular complexity index is 1430. The fourth-order valence-electron chi connectivity index (χ4n) is 4.70. The van der Waals surface area contributed by atoms with E-state index in [1.807, 2.05) is 4.57 Å². The standard InChI is InChI=1S/C29H34N6O3S2/c1-6-13-35-24(16-31-26(37)18-7-10-20(38-5)11-8-18)33-34-28(35)39-17-25(36)32-27-22(15-30)21-12-9-19(29(2,3)4)14-23(21)40-27/h6-8,10-11,19H,1,9,12-14,16-17H2,2-5H3,(H,31,37)(H,32,36)/t19-/m0/s1. The lowest BCUT2D eigenvalue weighted by Crippen LogP contribution is -2.26. The van der Waals surface area contributed by atoms with E-state index in [0.717, 1.165) is 24.8 Å². The molecule has 11 heteroatoms. The average Bonchev–Trinajstić information content (AvgIpc) is 3.49. The lowest BCUT2D eigenvalue weighted by molar-refractivity contribution is -0.113. The number of benzene rings is 1. The smallest absolute Gasteiger partial charge is 0.251 e. The van der Waals surface area contributed by atoms with Crippen molar-refractivity contribution in [2.75, 3.05) is 18.2 Å². The summed E-state index contributed by atoms with van der Waals surface area (Å²) in [5, 5.41) is 25.3. The molecule has 2 N–H and O–H groups in total. The highest BCUT2D eigenvalue weighted by molar-refractivity contribution is 7.99. The summed E-state index contributed by atoms with van der Waals surface area (Å²) in [4.78, 5) is 26.7. The number of rotatable bonds is 10. The molecule has 1 aliphatic rings. The summed E-state index contributed by atoms with van der Waals surface area (Å²) in [6, 6.07) is 9.14. The molecule has 2 amide bonds. The minimum Gasteiger partial charge on any atom is -0.497 e. The summed E-state index contributed by atoms with van der Waals surface area (Å²) in [6.45, 7) is 11.2. The third-order valence-electron chi connectivity index (χ3n) is 7.05. The summed E-state index contributed by atoms with van der Waals surface area (Å²) in [5.74, 6) is 1.42. The molecule has 40 heavy (non-hydrogen) atoms. The van der Waals surface area contributed by atoms with Crippen LogP contribution in [0.2, 0.25) is 0 Å². The molecule has 0 radical (unpaired) electrons. The Morgan fingerprint density at radius 3 is 2.70 bits per heavy atom. The average molecular weight is 579 g/mol. The number of ether oxygens (including phenoxy) is 1. The van der Waals surface area contributed by atoms with Gasteiger partial charge in [-0.05, 0) is 60.4 Å². The number of thioether (sulfide) groups is 1. The van der Waals surface area contributed by atoms with Crippen molar-refractivity contribution in [3.05, 3.63) is 64.3 Å². The third kappa shape index (κ3) is 6.74. The molecule has 0 saturated carbocycles. The number of anilines is 1. The number of carbonyl (C=O) groups excluding carboxylic acids is 2. The second-order valence-corrected chi connectivity index (χ2v) is 12.7. The Balaban J connectivity index is 1.38. The Morgan fingerprint density at radius 1 is 1.30 bits per heavy atom. The molecule has 1 aliphatic carbocycles. The third-order valence-corrected chi connectivity index (χ3v) is 9.19. The molecule has 0 aliphatic heterocycles. The minimum atomic E-state index is -0.245. The normalized spacial score (nSPS) is 14.6. The number of nitriles is 1. The van der Waals surface area contributed by atoms with Crippen LogP contribution in [0.15, 0.2) is 42.1 Å². The molecule has 0 bridgehead atoms. The topological polar surface area (TPSA) is 122 Å². The first-order valence-electron chi connectivity index (χ1n) is 13.1. The molecule has 0 saturated heterocycles. The lowest BCUT2D eigenvalue weighted by atomic mass is 9.72. The van der Waals surface area contributed by atoms with E-state index >= 15 is 0 Å². The number of aromatic nitrogens is 3. The monoisotopic (exact) mass is 578 g/mol. The number of hydrogen-bond donors (Lipinski definition) is 2. The van der Waals surface area contributed by atoms with Gasteiger partial charge >= 0.3 is 0 Å². The summed E-state index contributed by atoms with van der Waals surface area (Å²) >= 11 is 2.77. The van der Waals surface area contributed by atoms with Crippen LogP contribution in [0.25, 0.3) is 0 Å². The van der Waals surface area contributed by atoms with Crippen molar-refractivity contribution in [2.45, 2.75) is 58.3 Å². The second-order valence-electron chi connectivity index (χ2n) is 10.7. The van der Waals surface area contributed by atoms with Crippen molar-refractivity contribution < 1.29 is 14.3 Å². The van der Waals surface area contributed by atoms with Gasteiger partial charge < -0.3 is 19.9 Å². The van der Waals surface area contributed by atoms with Gasteiger partial charge in [-0.25, -0.2) is 0 Å². The number of nitrogens with one attached hydrogen (secondary N) is 2. The largest absolute Gasteiger partial charge is 0.497 e. The zero-order valence-electron chi connectivity index (χ0n) is 23.2. The van der Waals surface area contributed by atoms with Crippen LogP contribution in [0.3, 0.4) is 0 Å². The van der Waals surface area contributed by atoms with E-state index in [9.17, 15) is 14.9 Å². The van der Waals surface area contributed by atoms with E-state index in [4.69, 9.17) is 4.74 Å². The molecule has 0 fully saturated rings. The first kappa shape index (κ1) is 29.4. The van der Waals surface area contributed by atoms with E-state index in [-0.39, 0.29) is 29.5 Å². The highest BCUT2D eigenvalue weighted by Crippen LogP contribution is 2.44. The van der Waals surface area contributed by atoms with E-state index in [2.05, 4.69) is 54.3 Å². The van der Waals surface area contributed by atoms with Gasteiger partial charge in [-0.15, -0.1) is 28.1 Å². The molecule has 2 heterocycles. The number of hydrogen-bond acceptors (Lipinski definition) is 8. The summed E-state index contributed by atoms with van der Waals surface area (Å²) in [5.41, 5.74) is 2.38. The Labute approximate surface area is 243 Å². The van der Waals surface area contributed by atoms with Crippen LogP contribution in [0.5, 0.6) is 5.75 Å².